The molecule has 0 spiro atoms. The highest BCUT2D eigenvalue weighted by Gasteiger charge is 2.10. The average molecular weight is 320 g/mol. The van der Waals surface area contributed by atoms with Crippen LogP contribution in [0.15, 0.2) is 70.6 Å². The minimum atomic E-state index is 0.987. The zero-order valence-electron chi connectivity index (χ0n) is 14.9. The monoisotopic (exact) mass is 320 g/mol. The van der Waals surface area contributed by atoms with Gasteiger partial charge >= 0.3 is 0 Å². The van der Waals surface area contributed by atoms with E-state index in [9.17, 15) is 0 Å². The van der Waals surface area contributed by atoms with Crippen molar-refractivity contribution < 1.29 is 0 Å². The van der Waals surface area contributed by atoms with Crippen LogP contribution in [0, 0.1) is 0 Å². The van der Waals surface area contributed by atoms with Gasteiger partial charge in [-0.2, -0.15) is 0 Å². The van der Waals surface area contributed by atoms with Crippen LogP contribution in [0.25, 0.3) is 0 Å². The predicted octanol–water partition coefficient (Wildman–Crippen LogP) is 6.91. The standard InChI is InChI=1S/C22H28N2/c1-3-5-17-21(23-19-13-9-7-10-14-19)22(18-6-4-2)24-20-15-11-8-12-16-20/h7-16H,3-6,17-18H2,1-2H3. The minimum Gasteiger partial charge on any atom is -0.252 e. The molecule has 0 amide bonds. The summed E-state index contributed by atoms with van der Waals surface area (Å²) in [4.78, 5) is 9.86. The fourth-order valence-corrected chi connectivity index (χ4v) is 2.53. The first-order chi connectivity index (χ1) is 11.8. The predicted molar refractivity (Wildman–Crippen MR) is 106 cm³/mol. The summed E-state index contributed by atoms with van der Waals surface area (Å²) in [6.45, 7) is 4.44. The van der Waals surface area contributed by atoms with Crippen LogP contribution >= 0.6 is 0 Å². The van der Waals surface area contributed by atoms with Gasteiger partial charge in [-0.3, -0.25) is 9.98 Å². The van der Waals surface area contributed by atoms with E-state index in [-0.39, 0.29) is 0 Å². The summed E-state index contributed by atoms with van der Waals surface area (Å²) in [6, 6.07) is 20.5. The van der Waals surface area contributed by atoms with Crippen LogP contribution in [-0.4, -0.2) is 11.4 Å². The Bertz CT molecular complexity index is 583. The van der Waals surface area contributed by atoms with Crippen LogP contribution in [0.1, 0.15) is 52.4 Å². The van der Waals surface area contributed by atoms with Gasteiger partial charge in [0.25, 0.3) is 0 Å². The lowest BCUT2D eigenvalue weighted by atomic mass is 10.0. The molecule has 2 aromatic carbocycles. The molecular weight excluding hydrogens is 292 g/mol. The highest BCUT2D eigenvalue weighted by atomic mass is 14.8. The molecule has 0 aliphatic heterocycles. The molecule has 0 atom stereocenters. The molecule has 2 rings (SSSR count). The van der Waals surface area contributed by atoms with Crippen molar-refractivity contribution >= 4 is 22.8 Å². The lowest BCUT2D eigenvalue weighted by Crippen LogP contribution is -2.14. The van der Waals surface area contributed by atoms with Crippen molar-refractivity contribution in [2.45, 2.75) is 52.4 Å². The third-order valence-corrected chi connectivity index (χ3v) is 3.91. The average Bonchev–Trinajstić information content (AvgIpc) is 2.64. The topological polar surface area (TPSA) is 24.7 Å². The molecule has 0 bridgehead atoms. The van der Waals surface area contributed by atoms with Crippen molar-refractivity contribution in [3.05, 3.63) is 60.7 Å². The van der Waals surface area contributed by atoms with Crippen molar-refractivity contribution in [1.82, 2.24) is 0 Å². The van der Waals surface area contributed by atoms with Crippen molar-refractivity contribution in [3.63, 3.8) is 0 Å². The summed E-state index contributed by atoms with van der Waals surface area (Å²) in [5, 5.41) is 0. The largest absolute Gasteiger partial charge is 0.252 e. The number of benzene rings is 2. The zero-order valence-corrected chi connectivity index (χ0v) is 14.9. The molecule has 2 aromatic rings. The number of hydrogen-bond acceptors (Lipinski definition) is 2. The van der Waals surface area contributed by atoms with E-state index in [0.717, 1.165) is 48.5 Å². The molecule has 0 saturated heterocycles. The maximum atomic E-state index is 4.93. The number of unbranched alkanes of at least 4 members (excludes halogenated alkanes) is 2. The highest BCUT2D eigenvalue weighted by Crippen LogP contribution is 2.18. The van der Waals surface area contributed by atoms with Gasteiger partial charge in [0.2, 0.25) is 0 Å². The number of para-hydroxylation sites is 2. The Morgan fingerprint density at radius 1 is 0.625 bits per heavy atom. The molecular formula is C22H28N2. The van der Waals surface area contributed by atoms with E-state index in [4.69, 9.17) is 9.98 Å². The van der Waals surface area contributed by atoms with E-state index in [1.54, 1.807) is 0 Å². The van der Waals surface area contributed by atoms with Gasteiger partial charge in [-0.05, 0) is 49.9 Å². The van der Waals surface area contributed by atoms with Gasteiger partial charge in [0.15, 0.2) is 0 Å². The van der Waals surface area contributed by atoms with E-state index in [1.165, 1.54) is 12.8 Å². The van der Waals surface area contributed by atoms with Gasteiger partial charge in [0, 0.05) is 0 Å². The molecule has 0 heterocycles. The molecule has 0 radical (unpaired) electrons. The number of rotatable bonds is 9. The quantitative estimate of drug-likeness (QED) is 0.448. The number of nitrogens with zero attached hydrogens (tertiary/aromatic N) is 2. The summed E-state index contributed by atoms with van der Waals surface area (Å²) in [5.74, 6) is 0. The van der Waals surface area contributed by atoms with E-state index < -0.39 is 0 Å². The van der Waals surface area contributed by atoms with Crippen molar-refractivity contribution in [1.29, 1.82) is 0 Å². The van der Waals surface area contributed by atoms with Crippen LogP contribution in [0.3, 0.4) is 0 Å². The Kier molecular flexibility index (Phi) is 7.96. The summed E-state index contributed by atoms with van der Waals surface area (Å²) >= 11 is 0. The molecule has 126 valence electrons. The van der Waals surface area contributed by atoms with E-state index >= 15 is 0 Å². The second-order valence-corrected chi connectivity index (χ2v) is 6.00. The molecule has 0 aliphatic rings. The first-order valence-electron chi connectivity index (χ1n) is 9.09. The van der Waals surface area contributed by atoms with E-state index in [0.29, 0.717) is 0 Å². The first kappa shape index (κ1) is 18.1. The van der Waals surface area contributed by atoms with Crippen molar-refractivity contribution in [3.8, 4) is 0 Å². The lowest BCUT2D eigenvalue weighted by Gasteiger charge is -2.11. The fraction of sp³-hybridized carbons (Fsp3) is 0.364. The molecule has 0 saturated carbocycles. The van der Waals surface area contributed by atoms with E-state index in [2.05, 4.69) is 38.1 Å². The van der Waals surface area contributed by atoms with Crippen LogP contribution in [0.5, 0.6) is 0 Å². The Morgan fingerprint density at radius 2 is 1.00 bits per heavy atom. The van der Waals surface area contributed by atoms with Crippen LogP contribution < -0.4 is 0 Å². The van der Waals surface area contributed by atoms with Gasteiger partial charge in [0.1, 0.15) is 0 Å². The van der Waals surface area contributed by atoms with Gasteiger partial charge in [-0.15, -0.1) is 0 Å². The van der Waals surface area contributed by atoms with Gasteiger partial charge in [-0.1, -0.05) is 63.1 Å². The Labute approximate surface area is 146 Å². The Balaban J connectivity index is 2.36. The molecule has 0 fully saturated rings. The SMILES string of the molecule is CCCCC(=Nc1ccccc1)C(CCCC)=Nc1ccccc1. The van der Waals surface area contributed by atoms with Crippen LogP contribution in [0.4, 0.5) is 11.4 Å². The smallest absolute Gasteiger partial charge is 0.0633 e. The lowest BCUT2D eigenvalue weighted by molar-refractivity contribution is 0.824. The minimum absolute atomic E-state index is 0.987. The summed E-state index contributed by atoms with van der Waals surface area (Å²) in [6.07, 6.45) is 6.60. The Morgan fingerprint density at radius 3 is 1.33 bits per heavy atom. The summed E-state index contributed by atoms with van der Waals surface area (Å²) < 4.78 is 0. The molecule has 0 N–H and O–H groups in total. The molecule has 0 aliphatic carbocycles. The number of aliphatic imine (C=N–C) groups is 2. The maximum absolute atomic E-state index is 4.93. The van der Waals surface area contributed by atoms with Gasteiger partial charge in [0.05, 0.1) is 22.8 Å². The van der Waals surface area contributed by atoms with Crippen LogP contribution in [0.2, 0.25) is 0 Å². The highest BCUT2D eigenvalue weighted by molar-refractivity contribution is 6.43. The zero-order chi connectivity index (χ0) is 17.0. The molecule has 0 aromatic heterocycles. The Hall–Kier alpha value is -2.22. The molecule has 2 heteroatoms. The number of hydrogen-bond donors (Lipinski definition) is 0. The summed E-state index contributed by atoms with van der Waals surface area (Å²) in [5.41, 5.74) is 4.31. The third kappa shape index (κ3) is 6.11. The summed E-state index contributed by atoms with van der Waals surface area (Å²) in [7, 11) is 0. The second-order valence-electron chi connectivity index (χ2n) is 6.00. The van der Waals surface area contributed by atoms with Gasteiger partial charge < -0.3 is 0 Å². The van der Waals surface area contributed by atoms with Crippen molar-refractivity contribution in [2.24, 2.45) is 9.98 Å². The normalized spacial score (nSPS) is 12.4. The fourth-order valence-electron chi connectivity index (χ4n) is 2.53. The second kappa shape index (κ2) is 10.5. The molecule has 2 nitrogen and oxygen atoms in total. The van der Waals surface area contributed by atoms with Gasteiger partial charge in [-0.25, -0.2) is 0 Å². The first-order valence-corrected chi connectivity index (χ1v) is 9.09. The molecule has 0 unspecified atom stereocenters. The molecule has 24 heavy (non-hydrogen) atoms. The van der Waals surface area contributed by atoms with Crippen LogP contribution in [-0.2, 0) is 0 Å². The third-order valence-electron chi connectivity index (χ3n) is 3.91. The van der Waals surface area contributed by atoms with E-state index in [1.807, 2.05) is 36.4 Å². The van der Waals surface area contributed by atoms with Crippen molar-refractivity contribution in [2.75, 3.05) is 0 Å². The maximum Gasteiger partial charge on any atom is 0.0633 e.